The van der Waals surface area contributed by atoms with Crippen molar-refractivity contribution in [1.29, 1.82) is 0 Å². The van der Waals surface area contributed by atoms with Crippen molar-refractivity contribution < 1.29 is 18.8 Å². The van der Waals surface area contributed by atoms with Crippen LogP contribution in [0.2, 0.25) is 0 Å². The molecule has 0 bridgehead atoms. The number of carbonyl (C=O) groups excluding carboxylic acids is 1. The molecule has 0 N–H and O–H groups in total. The third kappa shape index (κ3) is 4.74. The van der Waals surface area contributed by atoms with Gasteiger partial charge in [-0.15, -0.1) is 0 Å². The number of carbonyl (C=O) groups is 1. The Bertz CT molecular complexity index is 1140. The van der Waals surface area contributed by atoms with Crippen LogP contribution in [0.15, 0.2) is 53.1 Å². The van der Waals surface area contributed by atoms with Crippen LogP contribution in [-0.4, -0.2) is 35.8 Å². The number of anilines is 1. The lowest BCUT2D eigenvalue weighted by molar-refractivity contribution is -0.133. The Kier molecular flexibility index (Phi) is 6.43. The Labute approximate surface area is 200 Å². The van der Waals surface area contributed by atoms with E-state index in [4.69, 9.17) is 14.0 Å². The number of hydrogen-bond acceptors (Lipinski definition) is 6. The zero-order chi connectivity index (χ0) is 23.5. The van der Waals surface area contributed by atoms with Gasteiger partial charge in [0.25, 0.3) is 0 Å². The number of rotatable bonds is 8. The number of aromatic nitrogens is 1. The highest BCUT2D eigenvalue weighted by Gasteiger charge is 2.28. The van der Waals surface area contributed by atoms with Gasteiger partial charge < -0.3 is 23.8 Å². The van der Waals surface area contributed by atoms with Gasteiger partial charge >= 0.3 is 0 Å². The van der Waals surface area contributed by atoms with Crippen LogP contribution in [-0.2, 0) is 17.9 Å². The van der Waals surface area contributed by atoms with E-state index in [1.807, 2.05) is 53.4 Å². The van der Waals surface area contributed by atoms with E-state index in [0.29, 0.717) is 19.5 Å². The fourth-order valence-corrected chi connectivity index (χ4v) is 4.60. The highest BCUT2D eigenvalue weighted by molar-refractivity contribution is 5.77. The van der Waals surface area contributed by atoms with E-state index in [0.717, 1.165) is 65.7 Å². The minimum absolute atomic E-state index is 0.111. The van der Waals surface area contributed by atoms with Crippen LogP contribution >= 0.6 is 0 Å². The van der Waals surface area contributed by atoms with Crippen LogP contribution in [0.5, 0.6) is 11.5 Å². The SMILES string of the molecule is CC(C)CC(=O)N(Cc1ccc2c(c1)OCO2)Cc1c(-c2ccccc2)noc1N1CCCC1. The summed E-state index contributed by atoms with van der Waals surface area (Å²) in [6.07, 6.45) is 2.75. The molecule has 1 saturated heterocycles. The molecular weight excluding hydrogens is 430 g/mol. The van der Waals surface area contributed by atoms with Crippen molar-refractivity contribution in [2.75, 3.05) is 24.8 Å². The third-order valence-electron chi connectivity index (χ3n) is 6.30. The molecule has 0 radical (unpaired) electrons. The quantitative estimate of drug-likeness (QED) is 0.457. The molecule has 2 aliphatic heterocycles. The second-order valence-electron chi connectivity index (χ2n) is 9.41. The first-order chi connectivity index (χ1) is 16.6. The summed E-state index contributed by atoms with van der Waals surface area (Å²) in [6.45, 7) is 7.16. The minimum Gasteiger partial charge on any atom is -0.454 e. The zero-order valence-electron chi connectivity index (χ0n) is 19.8. The first-order valence-corrected chi connectivity index (χ1v) is 12.0. The van der Waals surface area contributed by atoms with Crippen molar-refractivity contribution in [3.05, 3.63) is 59.7 Å². The molecule has 0 aliphatic carbocycles. The van der Waals surface area contributed by atoms with Gasteiger partial charge in [0.05, 0.1) is 12.1 Å². The van der Waals surface area contributed by atoms with E-state index in [1.165, 1.54) is 0 Å². The molecule has 7 heteroatoms. The average molecular weight is 462 g/mol. The third-order valence-corrected chi connectivity index (χ3v) is 6.30. The Hall–Kier alpha value is -3.48. The van der Waals surface area contributed by atoms with E-state index in [9.17, 15) is 4.79 Å². The summed E-state index contributed by atoms with van der Waals surface area (Å²) in [5, 5.41) is 4.47. The maximum Gasteiger partial charge on any atom is 0.232 e. The summed E-state index contributed by atoms with van der Waals surface area (Å²) in [6, 6.07) is 15.9. The summed E-state index contributed by atoms with van der Waals surface area (Å²) >= 11 is 0. The molecule has 7 nitrogen and oxygen atoms in total. The number of ether oxygens (including phenoxy) is 2. The largest absolute Gasteiger partial charge is 0.454 e. The fourth-order valence-electron chi connectivity index (χ4n) is 4.60. The topological polar surface area (TPSA) is 68.0 Å². The smallest absolute Gasteiger partial charge is 0.232 e. The second-order valence-corrected chi connectivity index (χ2v) is 9.41. The lowest BCUT2D eigenvalue weighted by Gasteiger charge is -2.25. The first-order valence-electron chi connectivity index (χ1n) is 12.0. The van der Waals surface area contributed by atoms with E-state index < -0.39 is 0 Å². The standard InChI is InChI=1S/C27H31N3O4/c1-19(2)14-25(31)30(16-20-10-11-23-24(15-20)33-18-32-23)17-22-26(21-8-4-3-5-9-21)28-34-27(22)29-12-6-7-13-29/h3-5,8-11,15,19H,6-7,12-14,16-18H2,1-2H3. The summed E-state index contributed by atoms with van der Waals surface area (Å²) < 4.78 is 16.9. The molecule has 2 aromatic carbocycles. The molecule has 0 unspecified atom stereocenters. The van der Waals surface area contributed by atoms with Crippen molar-refractivity contribution in [2.24, 2.45) is 5.92 Å². The Morgan fingerprint density at radius 2 is 1.79 bits per heavy atom. The summed E-state index contributed by atoms with van der Waals surface area (Å²) in [5.41, 5.74) is 3.76. The molecule has 1 aromatic heterocycles. The van der Waals surface area contributed by atoms with Gasteiger partial charge in [-0.25, -0.2) is 0 Å². The molecule has 3 heterocycles. The van der Waals surface area contributed by atoms with Crippen molar-refractivity contribution in [3.8, 4) is 22.8 Å². The summed E-state index contributed by atoms with van der Waals surface area (Å²) in [4.78, 5) is 17.6. The summed E-state index contributed by atoms with van der Waals surface area (Å²) in [5.74, 6) is 2.62. The van der Waals surface area contributed by atoms with Gasteiger partial charge in [0.1, 0.15) is 5.69 Å². The maximum atomic E-state index is 13.4. The fraction of sp³-hybridized carbons (Fsp3) is 0.407. The molecular formula is C27H31N3O4. The van der Waals surface area contributed by atoms with Gasteiger partial charge in [0.15, 0.2) is 11.5 Å². The van der Waals surface area contributed by atoms with Crippen molar-refractivity contribution in [3.63, 3.8) is 0 Å². The van der Waals surface area contributed by atoms with Crippen LogP contribution in [0.1, 0.15) is 44.2 Å². The van der Waals surface area contributed by atoms with Gasteiger partial charge in [-0.3, -0.25) is 4.79 Å². The summed E-state index contributed by atoms with van der Waals surface area (Å²) in [7, 11) is 0. The monoisotopic (exact) mass is 461 g/mol. The maximum absolute atomic E-state index is 13.4. The van der Waals surface area contributed by atoms with Crippen LogP contribution < -0.4 is 14.4 Å². The van der Waals surface area contributed by atoms with E-state index in [-0.39, 0.29) is 18.6 Å². The number of fused-ring (bicyclic) bond motifs is 1. The number of hydrogen-bond donors (Lipinski definition) is 0. The van der Waals surface area contributed by atoms with Gasteiger partial charge in [-0.2, -0.15) is 0 Å². The first kappa shape index (κ1) is 22.3. The van der Waals surface area contributed by atoms with E-state index in [2.05, 4.69) is 23.9 Å². The van der Waals surface area contributed by atoms with Gasteiger partial charge in [-0.05, 0) is 36.5 Å². The number of benzene rings is 2. The molecule has 3 aromatic rings. The van der Waals surface area contributed by atoms with Crippen molar-refractivity contribution in [2.45, 2.75) is 46.2 Å². The average Bonchev–Trinajstić information content (AvgIpc) is 3.59. The van der Waals surface area contributed by atoms with Crippen molar-refractivity contribution in [1.82, 2.24) is 10.1 Å². The molecule has 0 atom stereocenters. The zero-order valence-corrected chi connectivity index (χ0v) is 19.8. The van der Waals surface area contributed by atoms with Gasteiger partial charge in [0, 0.05) is 31.6 Å². The lowest BCUT2D eigenvalue weighted by Crippen LogP contribution is -2.32. The predicted octanol–water partition coefficient (Wildman–Crippen LogP) is 5.25. The molecule has 0 spiro atoms. The van der Waals surface area contributed by atoms with Gasteiger partial charge in [0.2, 0.25) is 18.6 Å². The number of nitrogens with zero attached hydrogens (tertiary/aromatic N) is 3. The van der Waals surface area contributed by atoms with E-state index >= 15 is 0 Å². The Morgan fingerprint density at radius 1 is 1.03 bits per heavy atom. The van der Waals surface area contributed by atoms with E-state index in [1.54, 1.807) is 0 Å². The van der Waals surface area contributed by atoms with Crippen LogP contribution in [0.25, 0.3) is 11.3 Å². The minimum atomic E-state index is 0.111. The van der Waals surface area contributed by atoms with Crippen LogP contribution in [0.3, 0.4) is 0 Å². The molecule has 5 rings (SSSR count). The highest BCUT2D eigenvalue weighted by Crippen LogP contribution is 2.36. The molecule has 1 fully saturated rings. The highest BCUT2D eigenvalue weighted by atomic mass is 16.7. The Morgan fingerprint density at radius 3 is 2.56 bits per heavy atom. The van der Waals surface area contributed by atoms with Crippen molar-refractivity contribution >= 4 is 11.8 Å². The number of amides is 1. The molecule has 1 amide bonds. The van der Waals surface area contributed by atoms with Crippen LogP contribution in [0.4, 0.5) is 5.88 Å². The Balaban J connectivity index is 1.49. The normalized spacial score (nSPS) is 14.7. The predicted molar refractivity (Wildman–Crippen MR) is 130 cm³/mol. The van der Waals surface area contributed by atoms with Gasteiger partial charge in [-0.1, -0.05) is 55.4 Å². The van der Waals surface area contributed by atoms with Crippen LogP contribution in [0, 0.1) is 5.92 Å². The molecule has 2 aliphatic rings. The molecule has 178 valence electrons. The molecule has 34 heavy (non-hydrogen) atoms. The lowest BCUT2D eigenvalue weighted by atomic mass is 10.0. The molecule has 0 saturated carbocycles. The second kappa shape index (κ2) is 9.79.